The fourth-order valence-corrected chi connectivity index (χ4v) is 10.3. The lowest BCUT2D eigenvalue weighted by atomic mass is 9.47. The maximum absolute atomic E-state index is 13.9. The van der Waals surface area contributed by atoms with Crippen LogP contribution in [0.25, 0.3) is 11.5 Å². The Hall–Kier alpha value is -1.95. The number of oxazole rings is 1. The number of ketones is 1. The topological polar surface area (TPSA) is 81.1 Å². The van der Waals surface area contributed by atoms with Crippen LogP contribution in [0.2, 0.25) is 0 Å². The van der Waals surface area contributed by atoms with Gasteiger partial charge in [-0.2, -0.15) is 5.10 Å². The highest BCUT2D eigenvalue weighted by molar-refractivity contribution is 5.83. The highest BCUT2D eigenvalue weighted by Crippen LogP contribution is 2.76. The second-order valence-corrected chi connectivity index (χ2v) is 13.4. The summed E-state index contributed by atoms with van der Waals surface area (Å²) in [5.74, 6) is 6.80. The third-order valence-corrected chi connectivity index (χ3v) is 11.5. The fourth-order valence-electron chi connectivity index (χ4n) is 10.3. The van der Waals surface area contributed by atoms with Gasteiger partial charge in [0, 0.05) is 12.1 Å². The smallest absolute Gasteiger partial charge is 0.229 e. The molecule has 0 amide bonds. The molecule has 11 atom stereocenters. The number of hydrogen-bond acceptors (Lipinski definition) is 5. The molecule has 0 saturated heterocycles. The first-order valence-electron chi connectivity index (χ1n) is 13.9. The number of carbonyl (C=O) groups excluding carboxylic acids is 1. The molecule has 2 aromatic rings. The Labute approximate surface area is 207 Å². The van der Waals surface area contributed by atoms with Gasteiger partial charge in [0.15, 0.2) is 5.78 Å². The Morgan fingerprint density at radius 2 is 1.97 bits per heavy atom. The number of carbonyl (C=O) groups is 1. The van der Waals surface area contributed by atoms with Crippen molar-refractivity contribution in [2.75, 3.05) is 0 Å². The van der Waals surface area contributed by atoms with E-state index in [4.69, 9.17) is 4.42 Å². The van der Waals surface area contributed by atoms with Gasteiger partial charge in [0.25, 0.3) is 0 Å². The number of nitrogens with zero attached hydrogens (tertiary/aromatic N) is 3. The molecule has 7 rings (SSSR count). The first-order valence-corrected chi connectivity index (χ1v) is 13.9. The molecule has 2 aromatic heterocycles. The summed E-state index contributed by atoms with van der Waals surface area (Å²) in [5.41, 5.74) is 0.489. The minimum atomic E-state index is -0.461. The van der Waals surface area contributed by atoms with Crippen LogP contribution in [0.5, 0.6) is 0 Å². The molecule has 188 valence electrons. The van der Waals surface area contributed by atoms with E-state index in [2.05, 4.69) is 23.9 Å². The van der Waals surface area contributed by atoms with Crippen molar-refractivity contribution in [3.8, 4) is 11.5 Å². The Morgan fingerprint density at radius 3 is 2.77 bits per heavy atom. The van der Waals surface area contributed by atoms with Gasteiger partial charge in [-0.1, -0.05) is 13.8 Å². The van der Waals surface area contributed by atoms with E-state index in [1.807, 2.05) is 13.1 Å². The van der Waals surface area contributed by atoms with E-state index in [0.717, 1.165) is 42.1 Å². The van der Waals surface area contributed by atoms with E-state index in [0.29, 0.717) is 41.9 Å². The zero-order chi connectivity index (χ0) is 24.1. The average molecular weight is 478 g/mol. The van der Waals surface area contributed by atoms with E-state index in [-0.39, 0.29) is 11.3 Å². The summed E-state index contributed by atoms with van der Waals surface area (Å²) in [4.78, 5) is 18.1. The van der Waals surface area contributed by atoms with Gasteiger partial charge in [0.05, 0.1) is 30.1 Å². The summed E-state index contributed by atoms with van der Waals surface area (Å²) in [6, 6.07) is 0. The monoisotopic (exact) mass is 477 g/mol. The molecule has 5 fully saturated rings. The van der Waals surface area contributed by atoms with Gasteiger partial charge in [0.2, 0.25) is 5.89 Å². The second-order valence-electron chi connectivity index (χ2n) is 13.4. The minimum Gasteiger partial charge on any atom is -0.444 e. The van der Waals surface area contributed by atoms with Crippen molar-refractivity contribution in [1.29, 1.82) is 0 Å². The van der Waals surface area contributed by atoms with Gasteiger partial charge in [-0.25, -0.2) is 4.98 Å². The lowest BCUT2D eigenvalue weighted by Crippen LogP contribution is -2.52. The standard InChI is InChI=1S/C29H39N3O3/c1-16-23-24(16)26(22(33)15-32-14-18(13-31-32)27-30-10-11-35-27)29(3)9-7-20-19-6-8-28(2,34)12-17(19)4-5-21(20)25(23)29/h10-11,13-14,16-17,19-21,23-26,34H,4-9,12,15H2,1-3H3/t16?,17-,19+,20-,21-,23?,24?,25-,26+,28-,29+/m1/s1. The molecule has 0 radical (unpaired) electrons. The van der Waals surface area contributed by atoms with Gasteiger partial charge in [-0.3, -0.25) is 9.48 Å². The number of fused-ring (bicyclic) bond motifs is 7. The number of rotatable bonds is 4. The highest BCUT2D eigenvalue weighted by Gasteiger charge is 2.73. The summed E-state index contributed by atoms with van der Waals surface area (Å²) in [7, 11) is 0. The van der Waals surface area contributed by atoms with Crippen LogP contribution in [0.4, 0.5) is 0 Å². The van der Waals surface area contributed by atoms with Crippen LogP contribution in [-0.4, -0.2) is 31.3 Å². The van der Waals surface area contributed by atoms with E-state index >= 15 is 0 Å². The van der Waals surface area contributed by atoms with Crippen molar-refractivity contribution < 1.29 is 14.3 Å². The maximum atomic E-state index is 13.9. The Kier molecular flexibility index (Phi) is 4.79. The molecule has 6 heteroatoms. The van der Waals surface area contributed by atoms with Crippen molar-refractivity contribution in [2.45, 2.75) is 77.9 Å². The molecule has 3 unspecified atom stereocenters. The molecule has 5 saturated carbocycles. The van der Waals surface area contributed by atoms with Crippen LogP contribution in [0.15, 0.2) is 29.3 Å². The predicted molar refractivity (Wildman–Crippen MR) is 131 cm³/mol. The lowest BCUT2D eigenvalue weighted by Gasteiger charge is -2.58. The molecule has 5 aliphatic rings. The summed E-state index contributed by atoms with van der Waals surface area (Å²) in [6.07, 6.45) is 15.0. The predicted octanol–water partition coefficient (Wildman–Crippen LogP) is 5.23. The normalized spacial score (nSPS) is 47.9. The fraction of sp³-hybridized carbons (Fsp3) is 0.759. The van der Waals surface area contributed by atoms with Crippen LogP contribution in [0.1, 0.15) is 65.7 Å². The van der Waals surface area contributed by atoms with E-state index in [9.17, 15) is 9.90 Å². The quantitative estimate of drug-likeness (QED) is 0.652. The molecule has 0 spiro atoms. The molecular weight excluding hydrogens is 438 g/mol. The zero-order valence-electron chi connectivity index (χ0n) is 21.3. The van der Waals surface area contributed by atoms with Gasteiger partial charge in [-0.05, 0) is 105 Å². The van der Waals surface area contributed by atoms with Gasteiger partial charge in [0.1, 0.15) is 6.26 Å². The Balaban J connectivity index is 1.12. The summed E-state index contributed by atoms with van der Waals surface area (Å²) >= 11 is 0. The Bertz CT molecular complexity index is 1120. The summed E-state index contributed by atoms with van der Waals surface area (Å²) in [5, 5.41) is 15.2. The van der Waals surface area contributed by atoms with Crippen LogP contribution >= 0.6 is 0 Å². The SMILES string of the molecule is CC1C2C1[C@H]1[C@@H]3CC[C@@H]4C[C@](C)(O)CC[C@@H]4[C@H]3CC[C@]1(C)[C@H]2C(=O)Cn1cc(-c2ncco2)cn1. The summed E-state index contributed by atoms with van der Waals surface area (Å²) < 4.78 is 7.18. The lowest BCUT2D eigenvalue weighted by molar-refractivity contribution is -0.137. The molecule has 6 nitrogen and oxygen atoms in total. The molecule has 0 aromatic carbocycles. The van der Waals surface area contributed by atoms with Crippen LogP contribution < -0.4 is 0 Å². The van der Waals surface area contributed by atoms with Crippen molar-refractivity contribution in [1.82, 2.24) is 14.8 Å². The van der Waals surface area contributed by atoms with Gasteiger partial charge in [-0.15, -0.1) is 0 Å². The molecule has 1 N–H and O–H groups in total. The zero-order valence-corrected chi connectivity index (χ0v) is 21.3. The van der Waals surface area contributed by atoms with Gasteiger partial charge >= 0.3 is 0 Å². The largest absolute Gasteiger partial charge is 0.444 e. The van der Waals surface area contributed by atoms with E-state index < -0.39 is 5.60 Å². The van der Waals surface area contributed by atoms with Crippen LogP contribution in [-0.2, 0) is 11.3 Å². The third-order valence-electron chi connectivity index (χ3n) is 11.5. The van der Waals surface area contributed by atoms with Crippen molar-refractivity contribution in [3.63, 3.8) is 0 Å². The summed E-state index contributed by atoms with van der Waals surface area (Å²) in [6.45, 7) is 7.26. The molecular formula is C29H39N3O3. The minimum absolute atomic E-state index is 0.131. The highest BCUT2D eigenvalue weighted by atomic mass is 16.3. The van der Waals surface area contributed by atoms with E-state index in [1.165, 1.54) is 32.1 Å². The molecule has 0 aliphatic heterocycles. The van der Waals surface area contributed by atoms with E-state index in [1.54, 1.807) is 23.3 Å². The van der Waals surface area contributed by atoms with Crippen molar-refractivity contribution >= 4 is 5.78 Å². The molecule has 2 heterocycles. The number of hydrogen-bond donors (Lipinski definition) is 1. The van der Waals surface area contributed by atoms with Gasteiger partial charge < -0.3 is 9.52 Å². The maximum Gasteiger partial charge on any atom is 0.229 e. The number of Topliss-reactive ketones (excluding diaryl/α,β-unsaturated/α-hetero) is 1. The molecule has 0 bridgehead atoms. The Morgan fingerprint density at radius 1 is 1.14 bits per heavy atom. The third kappa shape index (κ3) is 3.27. The van der Waals surface area contributed by atoms with Crippen molar-refractivity contribution in [3.05, 3.63) is 24.9 Å². The number of aliphatic hydroxyl groups is 1. The molecule has 5 aliphatic carbocycles. The second kappa shape index (κ2) is 7.53. The first kappa shape index (κ1) is 22.3. The van der Waals surface area contributed by atoms with Crippen molar-refractivity contribution in [2.24, 2.45) is 58.7 Å². The van der Waals surface area contributed by atoms with Crippen LogP contribution in [0.3, 0.4) is 0 Å². The first-order chi connectivity index (χ1) is 16.8. The molecule has 35 heavy (non-hydrogen) atoms. The van der Waals surface area contributed by atoms with Crippen LogP contribution in [0, 0.1) is 58.7 Å². The number of aromatic nitrogens is 3. The average Bonchev–Trinajstić information content (AvgIpc) is 3.28.